The lowest BCUT2D eigenvalue weighted by atomic mass is 9.68. The van der Waals surface area contributed by atoms with E-state index in [4.69, 9.17) is 14.2 Å². The Morgan fingerprint density at radius 3 is 2.50 bits per heavy atom. The Bertz CT molecular complexity index is 1260. The van der Waals surface area contributed by atoms with Gasteiger partial charge in [-0.25, -0.2) is 4.79 Å². The van der Waals surface area contributed by atoms with Crippen LogP contribution >= 0.6 is 11.3 Å². The van der Waals surface area contributed by atoms with Crippen molar-refractivity contribution in [1.82, 2.24) is 5.32 Å². The number of aryl methyl sites for hydroxylation is 1. The van der Waals surface area contributed by atoms with Gasteiger partial charge in [0.2, 0.25) is 0 Å². The molecule has 1 aromatic heterocycles. The summed E-state index contributed by atoms with van der Waals surface area (Å²) < 4.78 is 16.2. The molecule has 0 bridgehead atoms. The first-order valence-electron chi connectivity index (χ1n) is 12.1. The summed E-state index contributed by atoms with van der Waals surface area (Å²) in [6, 6.07) is 9.39. The van der Waals surface area contributed by atoms with Gasteiger partial charge in [0.25, 0.3) is 0 Å². The molecule has 8 heteroatoms. The van der Waals surface area contributed by atoms with Crippen molar-refractivity contribution in [2.24, 2.45) is 5.92 Å². The fourth-order valence-electron chi connectivity index (χ4n) is 5.14. The number of ether oxygens (including phenoxy) is 3. The van der Waals surface area contributed by atoms with E-state index in [0.717, 1.165) is 21.7 Å². The predicted octanol–water partition coefficient (Wildman–Crippen LogP) is 4.78. The quantitative estimate of drug-likeness (QED) is 0.424. The van der Waals surface area contributed by atoms with Gasteiger partial charge < -0.3 is 19.5 Å². The number of thiophene rings is 1. The van der Waals surface area contributed by atoms with Crippen LogP contribution in [0.4, 0.5) is 0 Å². The molecule has 0 saturated heterocycles. The zero-order valence-electron chi connectivity index (χ0n) is 21.2. The van der Waals surface area contributed by atoms with Crippen molar-refractivity contribution in [3.05, 3.63) is 74.3 Å². The fraction of sp³-hybridized carbons (Fsp3) is 0.393. The lowest BCUT2D eigenvalue weighted by molar-refractivity contribution is -0.152. The topological polar surface area (TPSA) is 90.9 Å². The van der Waals surface area contributed by atoms with Crippen molar-refractivity contribution in [2.45, 2.75) is 46.0 Å². The third-order valence-corrected chi connectivity index (χ3v) is 7.82. The summed E-state index contributed by atoms with van der Waals surface area (Å²) in [7, 11) is 1.58. The van der Waals surface area contributed by atoms with Crippen LogP contribution in [0, 0.1) is 12.8 Å². The first kappa shape index (κ1) is 25.7. The average molecular weight is 510 g/mol. The molecular weight excluding hydrogens is 478 g/mol. The standard InChI is InChI=1S/C28H31NO6S/c1-6-34-27(31)21-16(4)29-20-14-19(17-9-8-10-18(13-17)33-5)22(28(32)35-7-2)25(30)23(20)24(21)26-15(3)11-12-36-26/h8-13,19,22,24,29H,6-7,14H2,1-5H3/t19-,22-,24+/m1/s1. The summed E-state index contributed by atoms with van der Waals surface area (Å²) in [5.41, 5.74) is 4.00. The van der Waals surface area contributed by atoms with Crippen molar-refractivity contribution in [2.75, 3.05) is 20.3 Å². The maximum absolute atomic E-state index is 14.3. The molecule has 2 aliphatic rings. The van der Waals surface area contributed by atoms with Crippen LogP contribution in [-0.2, 0) is 23.9 Å². The monoisotopic (exact) mass is 509 g/mol. The van der Waals surface area contributed by atoms with Crippen LogP contribution in [0.15, 0.2) is 58.3 Å². The van der Waals surface area contributed by atoms with Crippen molar-refractivity contribution >= 4 is 29.1 Å². The summed E-state index contributed by atoms with van der Waals surface area (Å²) in [6.07, 6.45) is 0.409. The number of allylic oxidation sites excluding steroid dienone is 3. The molecule has 0 amide bonds. The van der Waals surface area contributed by atoms with Gasteiger partial charge in [0.15, 0.2) is 5.78 Å². The second-order valence-corrected chi connectivity index (χ2v) is 9.81. The first-order chi connectivity index (χ1) is 17.3. The van der Waals surface area contributed by atoms with Gasteiger partial charge in [0.05, 0.1) is 31.8 Å². The van der Waals surface area contributed by atoms with E-state index in [-0.39, 0.29) is 19.0 Å². The van der Waals surface area contributed by atoms with Gasteiger partial charge in [-0.15, -0.1) is 11.3 Å². The molecule has 0 fully saturated rings. The molecule has 0 spiro atoms. The number of Topliss-reactive ketones (excluding diaryl/α,β-unsaturated/α-hetero) is 1. The van der Waals surface area contributed by atoms with Crippen molar-refractivity contribution < 1.29 is 28.6 Å². The minimum Gasteiger partial charge on any atom is -0.497 e. The lowest BCUT2D eigenvalue weighted by Gasteiger charge is -2.39. The maximum atomic E-state index is 14.3. The zero-order valence-corrected chi connectivity index (χ0v) is 22.0. The van der Waals surface area contributed by atoms with E-state index in [0.29, 0.717) is 29.0 Å². The van der Waals surface area contributed by atoms with E-state index in [9.17, 15) is 14.4 Å². The molecule has 7 nitrogen and oxygen atoms in total. The minimum atomic E-state index is -1.04. The van der Waals surface area contributed by atoms with Gasteiger partial charge in [-0.2, -0.15) is 0 Å². The van der Waals surface area contributed by atoms with Crippen molar-refractivity contribution in [3.63, 3.8) is 0 Å². The number of ketones is 1. The summed E-state index contributed by atoms with van der Waals surface area (Å²) in [5, 5.41) is 5.27. The molecule has 1 aliphatic heterocycles. The van der Waals surface area contributed by atoms with E-state index in [1.54, 1.807) is 21.0 Å². The van der Waals surface area contributed by atoms with Gasteiger partial charge in [0.1, 0.15) is 11.7 Å². The number of hydrogen-bond donors (Lipinski definition) is 1. The molecular formula is C28H31NO6S. The van der Waals surface area contributed by atoms with Crippen LogP contribution < -0.4 is 10.1 Å². The third kappa shape index (κ3) is 4.57. The number of esters is 2. The van der Waals surface area contributed by atoms with Gasteiger partial charge >= 0.3 is 11.9 Å². The van der Waals surface area contributed by atoms with Gasteiger partial charge in [-0.1, -0.05) is 12.1 Å². The molecule has 1 aliphatic carbocycles. The Kier molecular flexibility index (Phi) is 7.64. The third-order valence-electron chi connectivity index (χ3n) is 6.74. The number of carbonyl (C=O) groups excluding carboxylic acids is 3. The molecule has 2 heterocycles. The molecule has 0 saturated carbocycles. The second kappa shape index (κ2) is 10.7. The average Bonchev–Trinajstić information content (AvgIpc) is 3.28. The van der Waals surface area contributed by atoms with Crippen LogP contribution in [0.1, 0.15) is 55.0 Å². The Hall–Kier alpha value is -3.39. The summed E-state index contributed by atoms with van der Waals surface area (Å²) in [4.78, 5) is 41.5. The highest BCUT2D eigenvalue weighted by atomic mass is 32.1. The van der Waals surface area contributed by atoms with Crippen molar-refractivity contribution in [1.29, 1.82) is 0 Å². The van der Waals surface area contributed by atoms with Crippen molar-refractivity contribution in [3.8, 4) is 5.75 Å². The fourth-order valence-corrected chi connectivity index (χ4v) is 6.19. The summed E-state index contributed by atoms with van der Waals surface area (Å²) in [6.45, 7) is 7.64. The minimum absolute atomic E-state index is 0.165. The van der Waals surface area contributed by atoms with E-state index in [1.165, 1.54) is 11.3 Å². The van der Waals surface area contributed by atoms with Crippen LogP contribution in [-0.4, -0.2) is 38.0 Å². The molecule has 3 atom stereocenters. The van der Waals surface area contributed by atoms with Gasteiger partial charge in [0, 0.05) is 27.8 Å². The highest BCUT2D eigenvalue weighted by molar-refractivity contribution is 7.10. The molecule has 4 rings (SSSR count). The van der Waals surface area contributed by atoms with E-state index in [1.807, 2.05) is 49.6 Å². The number of methoxy groups -OCH3 is 1. The van der Waals surface area contributed by atoms with Crippen LogP contribution in [0.25, 0.3) is 0 Å². The van der Waals surface area contributed by atoms with E-state index in [2.05, 4.69) is 5.32 Å². The Labute approximate surface area is 215 Å². The molecule has 1 aromatic carbocycles. The molecule has 36 heavy (non-hydrogen) atoms. The largest absolute Gasteiger partial charge is 0.497 e. The molecule has 2 aromatic rings. The normalized spacial score (nSPS) is 21.6. The maximum Gasteiger partial charge on any atom is 0.336 e. The Morgan fingerprint density at radius 2 is 1.86 bits per heavy atom. The van der Waals surface area contributed by atoms with Crippen LogP contribution in [0.3, 0.4) is 0 Å². The van der Waals surface area contributed by atoms with Gasteiger partial charge in [-0.3, -0.25) is 9.59 Å². The van der Waals surface area contributed by atoms with Gasteiger partial charge in [-0.05, 0) is 68.8 Å². The highest BCUT2D eigenvalue weighted by Gasteiger charge is 2.49. The number of dihydropyridines is 1. The van der Waals surface area contributed by atoms with E-state index >= 15 is 0 Å². The first-order valence-corrected chi connectivity index (χ1v) is 13.0. The second-order valence-electron chi connectivity index (χ2n) is 8.86. The lowest BCUT2D eigenvalue weighted by Crippen LogP contribution is -2.43. The van der Waals surface area contributed by atoms with Crippen LogP contribution in [0.5, 0.6) is 5.75 Å². The Morgan fingerprint density at radius 1 is 1.11 bits per heavy atom. The smallest absolute Gasteiger partial charge is 0.336 e. The molecule has 1 N–H and O–H groups in total. The zero-order chi connectivity index (χ0) is 26.0. The number of hydrogen-bond acceptors (Lipinski definition) is 8. The number of nitrogens with one attached hydrogen (secondary N) is 1. The summed E-state index contributed by atoms with van der Waals surface area (Å²) in [5.74, 6) is -2.82. The molecule has 190 valence electrons. The Balaban J connectivity index is 1.89. The molecule has 0 radical (unpaired) electrons. The number of benzene rings is 1. The number of carbonyl (C=O) groups is 3. The highest BCUT2D eigenvalue weighted by Crippen LogP contribution is 2.49. The van der Waals surface area contributed by atoms with Crippen LogP contribution in [0.2, 0.25) is 0 Å². The SMILES string of the molecule is CCOC(=O)C1=C(C)NC2=C(C(=O)[C@H](C(=O)OCC)[C@@H](c3cccc(OC)c3)C2)[C@H]1c1sccc1C. The molecule has 0 unspecified atom stereocenters. The van der Waals surface area contributed by atoms with E-state index < -0.39 is 29.7 Å². The summed E-state index contributed by atoms with van der Waals surface area (Å²) >= 11 is 1.49. The number of rotatable bonds is 7. The predicted molar refractivity (Wildman–Crippen MR) is 137 cm³/mol.